The second-order valence-corrected chi connectivity index (χ2v) is 23.5. The zero-order valence-electron chi connectivity index (χ0n) is 35.8. The Kier molecular flexibility index (Phi) is 14.5. The number of nitriles is 2. The van der Waals surface area contributed by atoms with Crippen molar-refractivity contribution in [1.82, 2.24) is 4.98 Å². The van der Waals surface area contributed by atoms with Crippen molar-refractivity contribution in [2.24, 2.45) is 20.5 Å². The van der Waals surface area contributed by atoms with Gasteiger partial charge in [-0.3, -0.25) is 22.8 Å². The van der Waals surface area contributed by atoms with Gasteiger partial charge in [0.25, 0.3) is 50.6 Å². The number of nitrogens with two attached hydrogens (primary N) is 1. The number of nitrogens with one attached hydrogen (secondary N) is 2. The molecule has 25 nitrogen and oxygen atoms in total. The summed E-state index contributed by atoms with van der Waals surface area (Å²) in [6, 6.07) is 18.8. The molecule has 9 N–H and O–H groups in total. The molecule has 0 aliphatic carbocycles. The number of halogens is 2. The molecule has 0 spiro atoms. The number of nitrogen functional groups attached to an aromatic ring is 1. The van der Waals surface area contributed by atoms with E-state index in [1.807, 2.05) is 12.1 Å². The zero-order valence-corrected chi connectivity index (χ0v) is 42.2. The predicted molar refractivity (Wildman–Crippen MR) is 263 cm³/mol. The number of hydrogen-bond donors (Lipinski definition) is 8. The van der Waals surface area contributed by atoms with E-state index in [4.69, 9.17) is 28.9 Å². The van der Waals surface area contributed by atoms with Crippen LogP contribution in [0.2, 0.25) is 10.0 Å². The average Bonchev–Trinajstić information content (AvgIpc) is 3.64. The third kappa shape index (κ3) is 11.6. The van der Waals surface area contributed by atoms with E-state index in [9.17, 15) is 75.4 Å². The summed E-state index contributed by atoms with van der Waals surface area (Å²) in [4.78, 5) is -0.513. The summed E-state index contributed by atoms with van der Waals surface area (Å²) in [6.07, 6.45) is 0. The zero-order chi connectivity index (χ0) is 53.7. The van der Waals surface area contributed by atoms with Gasteiger partial charge in [0.15, 0.2) is 16.6 Å². The summed E-state index contributed by atoms with van der Waals surface area (Å²) in [7, 11) is -25.8. The molecule has 33 heteroatoms. The summed E-state index contributed by atoms with van der Waals surface area (Å²) in [6.45, 7) is 1.38. The lowest BCUT2D eigenvalue weighted by Gasteiger charge is -2.16. The van der Waals surface area contributed by atoms with Gasteiger partial charge in [-0.1, -0.05) is 46.7 Å². The van der Waals surface area contributed by atoms with Crippen molar-refractivity contribution in [2.75, 3.05) is 16.4 Å². The first-order chi connectivity index (χ1) is 33.9. The molecule has 5 aromatic carbocycles. The third-order valence-electron chi connectivity index (χ3n) is 9.96. The topological polar surface area (TPSA) is 432 Å². The Morgan fingerprint density at radius 3 is 1.58 bits per heavy atom. The Morgan fingerprint density at radius 1 is 0.575 bits per heavy atom. The minimum atomic E-state index is -5.40. The lowest BCUT2D eigenvalue weighted by atomic mass is 10.0. The van der Waals surface area contributed by atoms with Gasteiger partial charge < -0.3 is 16.4 Å². The van der Waals surface area contributed by atoms with Gasteiger partial charge in [0, 0.05) is 39.0 Å². The van der Waals surface area contributed by atoms with Crippen molar-refractivity contribution in [3.05, 3.63) is 112 Å². The van der Waals surface area contributed by atoms with Crippen LogP contribution in [-0.4, -0.2) is 69.8 Å². The molecule has 0 amide bonds. The molecule has 2 heterocycles. The number of pyridine rings is 1. The van der Waals surface area contributed by atoms with E-state index < -0.39 is 91.5 Å². The van der Waals surface area contributed by atoms with Crippen molar-refractivity contribution in [1.29, 1.82) is 10.5 Å². The number of azo groups is 2. The molecule has 376 valence electrons. The first-order valence-corrected chi connectivity index (χ1v) is 28.0. The van der Waals surface area contributed by atoms with Crippen LogP contribution in [0.4, 0.5) is 50.1 Å². The first-order valence-electron chi connectivity index (χ1n) is 19.2. The van der Waals surface area contributed by atoms with Crippen LogP contribution >= 0.6 is 34.5 Å². The predicted octanol–water partition coefficient (Wildman–Crippen LogP) is 9.46. The largest absolute Gasteiger partial charge is 0.399 e. The van der Waals surface area contributed by atoms with Gasteiger partial charge in [0.1, 0.15) is 48.0 Å². The summed E-state index contributed by atoms with van der Waals surface area (Å²) in [5.41, 5.74) is 5.06. The second kappa shape index (κ2) is 19.7. The Hall–Kier alpha value is -7.08. The number of benzene rings is 5. The number of thiophene rings is 1. The molecule has 0 aliphatic rings. The second-order valence-electron chi connectivity index (χ2n) is 14.7. The fraction of sp³-hybridized carbons (Fsp3) is 0.0250. The van der Waals surface area contributed by atoms with Gasteiger partial charge in [-0.25, -0.2) is 4.98 Å². The highest BCUT2D eigenvalue weighted by Gasteiger charge is 2.28. The minimum Gasteiger partial charge on any atom is -0.399 e. The van der Waals surface area contributed by atoms with Gasteiger partial charge >= 0.3 is 0 Å². The Morgan fingerprint density at radius 2 is 1.07 bits per heavy atom. The molecule has 73 heavy (non-hydrogen) atoms. The fourth-order valence-electron chi connectivity index (χ4n) is 6.72. The number of rotatable bonds is 14. The molecule has 0 saturated carbocycles. The summed E-state index contributed by atoms with van der Waals surface area (Å²) >= 11 is 12.7. The lowest BCUT2D eigenvalue weighted by molar-refractivity contribution is 0.478. The van der Waals surface area contributed by atoms with Crippen LogP contribution in [0.15, 0.2) is 130 Å². The van der Waals surface area contributed by atoms with E-state index in [2.05, 4.69) is 36.1 Å². The molecule has 0 aliphatic heterocycles. The molecular weight excluding hydrogens is 1120 g/mol. The number of anilines is 5. The molecule has 0 unspecified atom stereocenters. The van der Waals surface area contributed by atoms with Crippen LogP contribution in [-0.2, 0) is 50.6 Å². The molecule has 2 aromatic heterocycles. The fourth-order valence-corrected chi connectivity index (χ4v) is 11.7. The molecule has 0 atom stereocenters. The van der Waals surface area contributed by atoms with Crippen LogP contribution in [0.3, 0.4) is 0 Å². The number of hydrogen-bond acceptors (Lipinski definition) is 21. The van der Waals surface area contributed by atoms with Crippen LogP contribution in [0.5, 0.6) is 0 Å². The average molecular weight is 1150 g/mol. The summed E-state index contributed by atoms with van der Waals surface area (Å²) < 4.78 is 172. The molecular formula is C40H26Cl2N10O15S6. The lowest BCUT2D eigenvalue weighted by Crippen LogP contribution is -2.07. The molecule has 0 bridgehead atoms. The maximum atomic E-state index is 12.6. The molecule has 7 rings (SSSR count). The van der Waals surface area contributed by atoms with E-state index in [1.54, 1.807) is 0 Å². The molecule has 7 aromatic rings. The normalized spacial score (nSPS) is 12.6. The van der Waals surface area contributed by atoms with Crippen molar-refractivity contribution >= 4 is 146 Å². The van der Waals surface area contributed by atoms with Gasteiger partial charge in [-0.15, -0.1) is 20.5 Å². The molecule has 0 radical (unpaired) electrons. The molecule has 0 saturated heterocycles. The molecule has 0 fully saturated rings. The van der Waals surface area contributed by atoms with E-state index >= 15 is 0 Å². The first kappa shape index (κ1) is 53.7. The van der Waals surface area contributed by atoms with Crippen LogP contribution < -0.4 is 16.4 Å². The highest BCUT2D eigenvalue weighted by atomic mass is 35.5. The smallest absolute Gasteiger partial charge is 0.296 e. The van der Waals surface area contributed by atoms with Gasteiger partial charge in [0.2, 0.25) is 0 Å². The van der Waals surface area contributed by atoms with Gasteiger partial charge in [-0.05, 0) is 85.3 Å². The number of fused-ring (bicyclic) bond motifs is 1. The highest BCUT2D eigenvalue weighted by Crippen LogP contribution is 2.49. The maximum Gasteiger partial charge on any atom is 0.296 e. The van der Waals surface area contributed by atoms with Crippen molar-refractivity contribution in [3.8, 4) is 23.3 Å². The monoisotopic (exact) mass is 1150 g/mol. The SMILES string of the molecule is Cc1c(C#N)c(Nc2ccc(Cl)c(S(=O)(=O)O)c2)nc(Nc2ccc(Cl)c(S(=O)(=O)O)c2)c1N=Nc1sc(/N=N/c2cc(S(=O)(=O)O)c3cc(S(=O)(=O)O)cc(S(=O)(=O)O)c3c2)c(-c2ccc(N)cc2)c1C#N. The maximum absolute atomic E-state index is 12.6. The van der Waals surface area contributed by atoms with E-state index in [0.29, 0.717) is 29.5 Å². The standard InChI is InChI=1S/C40H26Cl2N10O15S6/c1-18-27(16-43)37(46-21-6-8-29(41)33(11-21)72(62,63)64)48-38(47-22-7-9-30(42)34(12-22)73(65,66)67)36(18)50-51-39-28(17-44)35(19-2-4-20(45)5-3-19)40(68-39)52-49-23-10-25-26(31(13-23)70(56,57)58)14-24(69(53,54)55)15-32(25)71(59,60)61/h2-15H,45H2,1H3,(H2,46,47,48)(H,53,54,55)(H,56,57,58)(H,59,60,61)(H,62,63,64)(H,65,66,67)/b51-50?,52-49+. The Balaban J connectivity index is 1.44. The van der Waals surface area contributed by atoms with Gasteiger partial charge in [0.05, 0.1) is 26.2 Å². The minimum absolute atomic E-state index is 0.00756. The van der Waals surface area contributed by atoms with Crippen LogP contribution in [0.1, 0.15) is 16.7 Å². The van der Waals surface area contributed by atoms with Crippen molar-refractivity contribution < 1.29 is 64.9 Å². The Labute approximate surface area is 426 Å². The van der Waals surface area contributed by atoms with E-state index in [1.165, 1.54) is 43.3 Å². The van der Waals surface area contributed by atoms with E-state index in [0.717, 1.165) is 30.3 Å². The van der Waals surface area contributed by atoms with Crippen LogP contribution in [0, 0.1) is 29.6 Å². The van der Waals surface area contributed by atoms with Crippen LogP contribution in [0.25, 0.3) is 21.9 Å². The third-order valence-corrected chi connectivity index (χ3v) is 16.2. The summed E-state index contributed by atoms with van der Waals surface area (Å²) in [5, 5.41) is 40.8. The van der Waals surface area contributed by atoms with Crippen molar-refractivity contribution in [3.63, 3.8) is 0 Å². The number of aromatic nitrogens is 1. The Bertz CT molecular complexity index is 4260. The van der Waals surface area contributed by atoms with Crippen molar-refractivity contribution in [2.45, 2.75) is 31.4 Å². The van der Waals surface area contributed by atoms with E-state index in [-0.39, 0.29) is 82.2 Å². The highest BCUT2D eigenvalue weighted by molar-refractivity contribution is 7.87. The summed E-state index contributed by atoms with van der Waals surface area (Å²) in [5.74, 6) is -0.576. The number of nitrogens with zero attached hydrogens (tertiary/aromatic N) is 7. The quantitative estimate of drug-likeness (QED) is 0.0285. The van der Waals surface area contributed by atoms with Gasteiger partial charge in [-0.2, -0.15) is 52.6 Å².